The van der Waals surface area contributed by atoms with Crippen molar-refractivity contribution in [2.45, 2.75) is 25.6 Å². The second kappa shape index (κ2) is 5.67. The topological polar surface area (TPSA) is 45.6 Å². The quantitative estimate of drug-likeness (QED) is 0.897. The van der Waals surface area contributed by atoms with E-state index in [0.717, 1.165) is 37.3 Å². The molecule has 1 aromatic heterocycles. The highest BCUT2D eigenvalue weighted by Crippen LogP contribution is 2.27. The van der Waals surface area contributed by atoms with Crippen LogP contribution in [0.25, 0.3) is 0 Å². The Morgan fingerprint density at radius 3 is 3.12 bits per heavy atom. The monoisotopic (exact) mass is 256 g/mol. The van der Waals surface area contributed by atoms with E-state index in [9.17, 15) is 0 Å². The summed E-state index contributed by atoms with van der Waals surface area (Å²) >= 11 is 6.18. The van der Waals surface area contributed by atoms with E-state index in [4.69, 9.17) is 21.4 Å². The fraction of sp³-hybridized carbons (Fsp3) is 0.583. The number of aliphatic hydroxyl groups is 1. The molecule has 2 rings (SSSR count). The molecule has 0 spiro atoms. The maximum Gasteiger partial charge on any atom is 0.147 e. The average molecular weight is 257 g/mol. The van der Waals surface area contributed by atoms with E-state index in [-0.39, 0.29) is 12.7 Å². The first kappa shape index (κ1) is 12.6. The molecular weight excluding hydrogens is 240 g/mol. The highest BCUT2D eigenvalue weighted by atomic mass is 35.5. The molecule has 2 heterocycles. The Bertz CT molecular complexity index is 387. The minimum absolute atomic E-state index is 0.0340. The van der Waals surface area contributed by atoms with Crippen LogP contribution in [0.4, 0.5) is 5.82 Å². The number of hydrogen-bond donors (Lipinski definition) is 1. The van der Waals surface area contributed by atoms with E-state index in [1.54, 1.807) is 19.4 Å². The Hall–Kier alpha value is -0.840. The molecule has 0 saturated carbocycles. The van der Waals surface area contributed by atoms with Crippen molar-refractivity contribution in [2.75, 3.05) is 25.1 Å². The van der Waals surface area contributed by atoms with Crippen molar-refractivity contribution >= 4 is 17.4 Å². The molecule has 1 unspecified atom stereocenters. The van der Waals surface area contributed by atoms with Crippen molar-refractivity contribution in [3.8, 4) is 0 Å². The van der Waals surface area contributed by atoms with Crippen molar-refractivity contribution in [2.24, 2.45) is 0 Å². The van der Waals surface area contributed by atoms with Crippen LogP contribution in [0.5, 0.6) is 0 Å². The van der Waals surface area contributed by atoms with Crippen LogP contribution in [0.3, 0.4) is 0 Å². The van der Waals surface area contributed by atoms with Gasteiger partial charge in [-0.15, -0.1) is 0 Å². The molecule has 0 radical (unpaired) electrons. The highest BCUT2D eigenvalue weighted by molar-refractivity contribution is 6.33. The summed E-state index contributed by atoms with van der Waals surface area (Å²) in [6.07, 6.45) is 4.08. The predicted octanol–water partition coefficient (Wildman–Crippen LogP) is 1.84. The van der Waals surface area contributed by atoms with Gasteiger partial charge >= 0.3 is 0 Å². The number of hydrogen-bond acceptors (Lipinski definition) is 4. The van der Waals surface area contributed by atoms with E-state index in [2.05, 4.69) is 9.88 Å². The number of methoxy groups -OCH3 is 1. The predicted molar refractivity (Wildman–Crippen MR) is 67.4 cm³/mol. The number of nitrogens with zero attached hydrogens (tertiary/aromatic N) is 2. The van der Waals surface area contributed by atoms with E-state index in [1.165, 1.54) is 0 Å². The molecule has 1 atom stereocenters. The molecule has 94 valence electrons. The number of pyridine rings is 1. The molecule has 0 aliphatic carbocycles. The lowest BCUT2D eigenvalue weighted by Gasteiger charge is -2.33. The molecule has 4 nitrogen and oxygen atoms in total. The van der Waals surface area contributed by atoms with Gasteiger partial charge in [0.15, 0.2) is 0 Å². The third-order valence-corrected chi connectivity index (χ3v) is 3.35. The van der Waals surface area contributed by atoms with Crippen LogP contribution in [-0.4, -0.2) is 36.4 Å². The van der Waals surface area contributed by atoms with Crippen molar-refractivity contribution in [1.82, 2.24) is 4.98 Å². The summed E-state index contributed by atoms with van der Waals surface area (Å²) in [6.45, 7) is 1.74. The van der Waals surface area contributed by atoms with Gasteiger partial charge in [0.25, 0.3) is 0 Å². The maximum absolute atomic E-state index is 9.01. The number of rotatable bonds is 3. The van der Waals surface area contributed by atoms with Crippen molar-refractivity contribution < 1.29 is 9.84 Å². The number of aromatic nitrogens is 1. The molecule has 1 N–H and O–H groups in total. The normalized spacial score (nSPS) is 20.6. The first-order valence-electron chi connectivity index (χ1n) is 5.77. The Kier molecular flexibility index (Phi) is 4.20. The number of anilines is 1. The fourth-order valence-electron chi connectivity index (χ4n) is 2.11. The van der Waals surface area contributed by atoms with E-state index >= 15 is 0 Å². The molecule has 0 amide bonds. The Balaban J connectivity index is 2.16. The number of ether oxygens (including phenoxy) is 1. The molecule has 1 fully saturated rings. The maximum atomic E-state index is 9.01. The van der Waals surface area contributed by atoms with Gasteiger partial charge in [0, 0.05) is 26.4 Å². The summed E-state index contributed by atoms with van der Waals surface area (Å²) in [5.74, 6) is 0.783. The molecule has 1 saturated heterocycles. The number of halogens is 1. The van der Waals surface area contributed by atoms with Crippen LogP contribution in [0.2, 0.25) is 5.02 Å². The van der Waals surface area contributed by atoms with Crippen LogP contribution in [-0.2, 0) is 11.3 Å². The number of piperidine rings is 1. The SMILES string of the molecule is COC1CCCN(c2ncc(CO)cc2Cl)C1. The van der Waals surface area contributed by atoms with Crippen molar-refractivity contribution in [3.63, 3.8) is 0 Å². The molecule has 0 bridgehead atoms. The third kappa shape index (κ3) is 2.89. The van der Waals surface area contributed by atoms with Gasteiger partial charge in [0.2, 0.25) is 0 Å². The zero-order chi connectivity index (χ0) is 12.3. The summed E-state index contributed by atoms with van der Waals surface area (Å²) < 4.78 is 5.38. The van der Waals surface area contributed by atoms with Gasteiger partial charge < -0.3 is 14.7 Å². The van der Waals surface area contributed by atoms with Gasteiger partial charge in [-0.3, -0.25) is 0 Å². The van der Waals surface area contributed by atoms with E-state index < -0.39 is 0 Å². The highest BCUT2D eigenvalue weighted by Gasteiger charge is 2.22. The van der Waals surface area contributed by atoms with E-state index in [0.29, 0.717) is 5.02 Å². The lowest BCUT2D eigenvalue weighted by atomic mass is 10.1. The van der Waals surface area contributed by atoms with E-state index in [1.807, 2.05) is 0 Å². The molecule has 1 aliphatic rings. The summed E-state index contributed by atoms with van der Waals surface area (Å²) in [5, 5.41) is 9.60. The van der Waals surface area contributed by atoms with Crippen LogP contribution < -0.4 is 4.90 Å². The summed E-state index contributed by atoms with van der Waals surface area (Å²) in [7, 11) is 1.73. The average Bonchev–Trinajstić information content (AvgIpc) is 2.38. The van der Waals surface area contributed by atoms with Crippen LogP contribution in [0.15, 0.2) is 12.3 Å². The minimum atomic E-state index is -0.0340. The molecule has 1 aliphatic heterocycles. The van der Waals surface area contributed by atoms with Gasteiger partial charge in [0.1, 0.15) is 5.82 Å². The fourth-order valence-corrected chi connectivity index (χ4v) is 2.42. The summed E-state index contributed by atoms with van der Waals surface area (Å²) in [5.41, 5.74) is 0.735. The second-order valence-corrected chi connectivity index (χ2v) is 4.66. The van der Waals surface area contributed by atoms with Crippen LogP contribution in [0, 0.1) is 0 Å². The lowest BCUT2D eigenvalue weighted by molar-refractivity contribution is 0.0891. The minimum Gasteiger partial charge on any atom is -0.392 e. The van der Waals surface area contributed by atoms with Gasteiger partial charge in [0.05, 0.1) is 17.7 Å². The first-order chi connectivity index (χ1) is 8.24. The van der Waals surface area contributed by atoms with Gasteiger partial charge in [-0.05, 0) is 24.5 Å². The standard InChI is InChI=1S/C12H17ClN2O2/c1-17-10-3-2-4-15(7-10)12-11(13)5-9(8-16)6-14-12/h5-6,10,16H,2-4,7-8H2,1H3. The van der Waals surface area contributed by atoms with Gasteiger partial charge in [-0.2, -0.15) is 0 Å². The Labute approximate surface area is 106 Å². The molecule has 5 heteroatoms. The molecule has 1 aromatic rings. The Morgan fingerprint density at radius 1 is 1.65 bits per heavy atom. The zero-order valence-electron chi connectivity index (χ0n) is 9.90. The number of aliphatic hydroxyl groups excluding tert-OH is 1. The van der Waals surface area contributed by atoms with Gasteiger partial charge in [-0.1, -0.05) is 11.6 Å². The molecule has 0 aromatic carbocycles. The van der Waals surface area contributed by atoms with Crippen LogP contribution >= 0.6 is 11.6 Å². The second-order valence-electron chi connectivity index (χ2n) is 4.25. The third-order valence-electron chi connectivity index (χ3n) is 3.07. The molecular formula is C12H17ClN2O2. The lowest BCUT2D eigenvalue weighted by Crippen LogP contribution is -2.39. The largest absolute Gasteiger partial charge is 0.392 e. The van der Waals surface area contributed by atoms with Crippen molar-refractivity contribution in [1.29, 1.82) is 0 Å². The smallest absolute Gasteiger partial charge is 0.147 e. The Morgan fingerprint density at radius 2 is 2.47 bits per heavy atom. The first-order valence-corrected chi connectivity index (χ1v) is 6.15. The zero-order valence-corrected chi connectivity index (χ0v) is 10.7. The van der Waals surface area contributed by atoms with Crippen LogP contribution in [0.1, 0.15) is 18.4 Å². The summed E-state index contributed by atoms with van der Waals surface area (Å²) in [6, 6.07) is 1.76. The molecule has 17 heavy (non-hydrogen) atoms. The van der Waals surface area contributed by atoms with Crippen molar-refractivity contribution in [3.05, 3.63) is 22.8 Å². The van der Waals surface area contributed by atoms with Gasteiger partial charge in [-0.25, -0.2) is 4.98 Å². The summed E-state index contributed by atoms with van der Waals surface area (Å²) in [4.78, 5) is 6.46.